The maximum absolute atomic E-state index is 11.6. The van der Waals surface area contributed by atoms with E-state index in [0.717, 1.165) is 0 Å². The molecule has 0 saturated heterocycles. The number of benzene rings is 1. The van der Waals surface area contributed by atoms with E-state index in [-0.39, 0.29) is 16.8 Å². The summed E-state index contributed by atoms with van der Waals surface area (Å²) in [6.07, 6.45) is 0. The van der Waals surface area contributed by atoms with Crippen LogP contribution in [0.2, 0.25) is 0 Å². The van der Waals surface area contributed by atoms with Gasteiger partial charge in [-0.15, -0.1) is 0 Å². The predicted octanol–water partition coefficient (Wildman–Crippen LogP) is -0.830. The number of methoxy groups -OCH3 is 3. The van der Waals surface area contributed by atoms with Crippen LogP contribution in [0, 0.1) is 0 Å². The Labute approximate surface area is 98.9 Å². The van der Waals surface area contributed by atoms with E-state index in [0.29, 0.717) is 5.75 Å². The van der Waals surface area contributed by atoms with E-state index in [1.54, 1.807) is 0 Å². The third-order valence-corrected chi connectivity index (χ3v) is 2.25. The molecule has 6 nitrogen and oxygen atoms in total. The van der Waals surface area contributed by atoms with Crippen LogP contribution in [0.25, 0.3) is 0 Å². The Morgan fingerprint density at radius 3 is 2.24 bits per heavy atom. The fourth-order valence-corrected chi connectivity index (χ4v) is 1.47. The number of hydrogen-bond donors (Lipinski definition) is 2. The van der Waals surface area contributed by atoms with E-state index in [1.807, 2.05) is 0 Å². The molecule has 0 spiro atoms. The van der Waals surface area contributed by atoms with Crippen LogP contribution < -0.4 is 14.9 Å². The number of esters is 1. The summed E-state index contributed by atoms with van der Waals surface area (Å²) in [7, 11) is 2.14. The van der Waals surface area contributed by atoms with Gasteiger partial charge >= 0.3 is 13.1 Å². The molecule has 7 heteroatoms. The molecule has 0 atom stereocenters. The Morgan fingerprint density at radius 1 is 1.18 bits per heavy atom. The monoisotopic (exact) mass is 240 g/mol. The minimum absolute atomic E-state index is 0.00509. The van der Waals surface area contributed by atoms with Crippen LogP contribution in [0.5, 0.6) is 11.5 Å². The molecule has 1 aromatic rings. The first-order valence-corrected chi connectivity index (χ1v) is 4.76. The number of ether oxygens (including phenoxy) is 3. The number of hydrogen-bond acceptors (Lipinski definition) is 6. The van der Waals surface area contributed by atoms with E-state index >= 15 is 0 Å². The number of rotatable bonds is 4. The van der Waals surface area contributed by atoms with Crippen LogP contribution in [-0.4, -0.2) is 44.5 Å². The third-order valence-electron chi connectivity index (χ3n) is 2.25. The van der Waals surface area contributed by atoms with Crippen molar-refractivity contribution in [3.63, 3.8) is 0 Å². The van der Waals surface area contributed by atoms with Crippen LogP contribution in [0.4, 0.5) is 0 Å². The Morgan fingerprint density at radius 2 is 1.82 bits per heavy atom. The molecule has 0 bridgehead atoms. The molecule has 0 aliphatic heterocycles. The predicted molar refractivity (Wildman–Crippen MR) is 60.7 cm³/mol. The lowest BCUT2D eigenvalue weighted by Gasteiger charge is -2.14. The van der Waals surface area contributed by atoms with Gasteiger partial charge in [0.2, 0.25) is 0 Å². The molecule has 0 fully saturated rings. The first-order valence-electron chi connectivity index (χ1n) is 4.76. The lowest BCUT2D eigenvalue weighted by Crippen LogP contribution is -2.35. The summed E-state index contributed by atoms with van der Waals surface area (Å²) in [6.45, 7) is 0. The summed E-state index contributed by atoms with van der Waals surface area (Å²) in [5, 5.41) is 18.4. The summed E-state index contributed by atoms with van der Waals surface area (Å²) in [6, 6.07) is 2.83. The maximum Gasteiger partial charge on any atom is 0.489 e. The second kappa shape index (κ2) is 5.56. The van der Waals surface area contributed by atoms with Crippen molar-refractivity contribution < 1.29 is 29.1 Å². The normalized spacial score (nSPS) is 9.71. The van der Waals surface area contributed by atoms with Gasteiger partial charge < -0.3 is 24.3 Å². The largest absolute Gasteiger partial charge is 0.493 e. The smallest absolute Gasteiger partial charge is 0.489 e. The van der Waals surface area contributed by atoms with Gasteiger partial charge in [0.05, 0.1) is 21.3 Å². The lowest BCUT2D eigenvalue weighted by atomic mass is 9.76. The van der Waals surface area contributed by atoms with Gasteiger partial charge in [-0.3, -0.25) is 0 Å². The summed E-state index contributed by atoms with van der Waals surface area (Å²) < 4.78 is 14.6. The molecular weight excluding hydrogens is 227 g/mol. The standard InChI is InChI=1S/C10H13BO6/c1-15-7-5-4-6(11(13)14)8(9(7)16-2)10(12)17-3/h4-5,13-14H,1-3H3. The topological polar surface area (TPSA) is 85.2 Å². The average Bonchev–Trinajstić information content (AvgIpc) is 2.35. The molecule has 92 valence electrons. The van der Waals surface area contributed by atoms with Crippen molar-refractivity contribution >= 4 is 18.6 Å². The molecule has 0 heterocycles. The molecule has 1 rings (SSSR count). The SMILES string of the molecule is COC(=O)c1c(B(O)O)ccc(OC)c1OC. The van der Waals surface area contributed by atoms with Crippen molar-refractivity contribution in [2.45, 2.75) is 0 Å². The first kappa shape index (κ1) is 13.3. The fraction of sp³-hybridized carbons (Fsp3) is 0.300. The highest BCUT2D eigenvalue weighted by Gasteiger charge is 2.27. The molecule has 1 aromatic carbocycles. The van der Waals surface area contributed by atoms with E-state index in [4.69, 9.17) is 9.47 Å². The second-order valence-electron chi connectivity index (χ2n) is 3.13. The quantitative estimate of drug-likeness (QED) is 0.527. The first-order chi connectivity index (χ1) is 8.06. The zero-order chi connectivity index (χ0) is 13.0. The summed E-state index contributed by atoms with van der Waals surface area (Å²) in [5.41, 5.74) is -0.0705. The number of carbonyl (C=O) groups is 1. The second-order valence-corrected chi connectivity index (χ2v) is 3.13. The Kier molecular flexibility index (Phi) is 4.36. The molecule has 0 radical (unpaired) electrons. The van der Waals surface area contributed by atoms with Gasteiger partial charge in [-0.05, 0) is 6.07 Å². The van der Waals surface area contributed by atoms with Gasteiger partial charge in [0.1, 0.15) is 5.56 Å². The lowest BCUT2D eigenvalue weighted by molar-refractivity contribution is 0.0597. The van der Waals surface area contributed by atoms with E-state index in [9.17, 15) is 14.8 Å². The van der Waals surface area contributed by atoms with Gasteiger partial charge in [0, 0.05) is 5.46 Å². The number of carbonyl (C=O) groups excluding carboxylic acids is 1. The van der Waals surface area contributed by atoms with Crippen molar-refractivity contribution in [2.24, 2.45) is 0 Å². The minimum atomic E-state index is -1.80. The fourth-order valence-electron chi connectivity index (χ4n) is 1.47. The van der Waals surface area contributed by atoms with Gasteiger partial charge in [-0.2, -0.15) is 0 Å². The zero-order valence-electron chi connectivity index (χ0n) is 9.76. The highest BCUT2D eigenvalue weighted by atomic mass is 16.5. The molecular formula is C10H13BO6. The van der Waals surface area contributed by atoms with E-state index < -0.39 is 13.1 Å². The zero-order valence-corrected chi connectivity index (χ0v) is 9.76. The molecule has 0 saturated carbocycles. The Bertz CT molecular complexity index is 418. The van der Waals surface area contributed by atoms with Gasteiger partial charge in [0.25, 0.3) is 0 Å². The molecule has 17 heavy (non-hydrogen) atoms. The highest BCUT2D eigenvalue weighted by molar-refractivity contribution is 6.60. The molecule has 0 aromatic heterocycles. The summed E-state index contributed by atoms with van der Waals surface area (Å²) >= 11 is 0. The Balaban J connectivity index is 3.50. The molecule has 0 aliphatic carbocycles. The maximum atomic E-state index is 11.6. The Hall–Kier alpha value is -1.73. The highest BCUT2D eigenvalue weighted by Crippen LogP contribution is 2.30. The van der Waals surface area contributed by atoms with Crippen molar-refractivity contribution in [3.05, 3.63) is 17.7 Å². The molecule has 2 N–H and O–H groups in total. The third kappa shape index (κ3) is 2.51. The van der Waals surface area contributed by atoms with Gasteiger partial charge in [0.15, 0.2) is 11.5 Å². The molecule has 0 aliphatic rings. The minimum Gasteiger partial charge on any atom is -0.493 e. The van der Waals surface area contributed by atoms with Crippen LogP contribution in [-0.2, 0) is 4.74 Å². The van der Waals surface area contributed by atoms with Crippen molar-refractivity contribution in [1.29, 1.82) is 0 Å². The van der Waals surface area contributed by atoms with E-state index in [1.165, 1.54) is 33.5 Å². The van der Waals surface area contributed by atoms with Crippen molar-refractivity contribution in [1.82, 2.24) is 0 Å². The van der Waals surface area contributed by atoms with Crippen LogP contribution >= 0.6 is 0 Å². The van der Waals surface area contributed by atoms with Gasteiger partial charge in [-0.25, -0.2) is 4.79 Å². The van der Waals surface area contributed by atoms with Crippen LogP contribution in [0.15, 0.2) is 12.1 Å². The molecule has 0 unspecified atom stereocenters. The average molecular weight is 240 g/mol. The molecule has 0 amide bonds. The van der Waals surface area contributed by atoms with E-state index in [2.05, 4.69) is 4.74 Å². The van der Waals surface area contributed by atoms with Crippen LogP contribution in [0.1, 0.15) is 10.4 Å². The summed E-state index contributed by atoms with van der Waals surface area (Å²) in [5.74, 6) is -0.328. The van der Waals surface area contributed by atoms with Crippen LogP contribution in [0.3, 0.4) is 0 Å². The summed E-state index contributed by atoms with van der Waals surface area (Å²) in [4.78, 5) is 11.6. The van der Waals surface area contributed by atoms with Gasteiger partial charge in [-0.1, -0.05) is 6.07 Å². The van der Waals surface area contributed by atoms with Crippen molar-refractivity contribution in [2.75, 3.05) is 21.3 Å². The van der Waals surface area contributed by atoms with Crippen molar-refractivity contribution in [3.8, 4) is 11.5 Å².